The van der Waals surface area contributed by atoms with Gasteiger partial charge in [0.1, 0.15) is 6.56 Å². The zero-order chi connectivity index (χ0) is 24.3. The minimum Gasteiger partial charge on any atom is -0.393 e. The molecule has 27 heavy (non-hydrogen) atoms. The third kappa shape index (κ3) is 2.21. The third-order valence-corrected chi connectivity index (χ3v) is 7.56. The summed E-state index contributed by atoms with van der Waals surface area (Å²) in [6.07, 6.45) is -3.06. The lowest BCUT2D eigenvalue weighted by Crippen LogP contribution is -2.63. The van der Waals surface area contributed by atoms with Gasteiger partial charge < -0.3 is 20.4 Å². The summed E-state index contributed by atoms with van der Waals surface area (Å²) in [6, 6.07) is 0. The molecule has 4 rings (SSSR count). The van der Waals surface area contributed by atoms with Crippen LogP contribution < -0.4 is 0 Å². The Kier molecular flexibility index (Phi) is 2.97. The molecule has 3 saturated carbocycles. The molecule has 0 radical (unpaired) electrons. The molecule has 0 amide bonds. The molecule has 4 aliphatic carbocycles. The number of rotatable bonds is 2. The third-order valence-electron chi connectivity index (χ3n) is 7.56. The smallest absolute Gasteiger partial charge is 0.192 e. The molecule has 3 fully saturated rings. The first kappa shape index (κ1) is 13.8. The van der Waals surface area contributed by atoms with Gasteiger partial charge in [0.2, 0.25) is 0 Å². The van der Waals surface area contributed by atoms with Crippen molar-refractivity contribution < 1.29 is 36.9 Å². The lowest BCUT2D eigenvalue weighted by Gasteiger charge is -2.59. The van der Waals surface area contributed by atoms with Crippen LogP contribution in [0.25, 0.3) is 0 Å². The standard InChI is InChI=1S/C21H28O6/c1-19-6-5-12(23)7-11(19)3-4-13-14-8-16(25)21(27,17(26)10-22)20(14,2)9-15(24)18(13)19/h5-7,13-16,18,22,24-25,27H,3-4,8-10H2,1-2H3/t13-,14-,15-,16+,18+,19?,20-,21-/m0/s1/i9D2,10D2,15D. The van der Waals surface area contributed by atoms with Gasteiger partial charge in [-0.25, -0.2) is 0 Å². The Morgan fingerprint density at radius 2 is 2.15 bits per heavy atom. The molecule has 0 spiro atoms. The number of aliphatic hydroxyl groups is 4. The quantitative estimate of drug-likeness (QED) is 0.555. The highest BCUT2D eigenvalue weighted by Gasteiger charge is 2.71. The maximum atomic E-state index is 12.8. The van der Waals surface area contributed by atoms with Crippen molar-refractivity contribution in [2.45, 2.75) is 57.3 Å². The van der Waals surface area contributed by atoms with E-state index < -0.39 is 65.1 Å². The number of hydrogen-bond donors (Lipinski definition) is 4. The van der Waals surface area contributed by atoms with E-state index in [1.807, 2.05) is 0 Å². The molecule has 0 aromatic carbocycles. The molecule has 4 N–H and O–H groups in total. The normalized spacial score (nSPS) is 59.1. The summed E-state index contributed by atoms with van der Waals surface area (Å²) < 4.78 is 41.4. The summed E-state index contributed by atoms with van der Waals surface area (Å²) >= 11 is 0. The van der Waals surface area contributed by atoms with E-state index in [1.54, 1.807) is 13.0 Å². The van der Waals surface area contributed by atoms with Crippen molar-refractivity contribution >= 4 is 11.6 Å². The monoisotopic (exact) mass is 381 g/mol. The van der Waals surface area contributed by atoms with E-state index in [4.69, 9.17) is 6.85 Å². The average Bonchev–Trinajstić information content (AvgIpc) is 2.88. The van der Waals surface area contributed by atoms with E-state index in [0.29, 0.717) is 18.4 Å². The fourth-order valence-electron chi connectivity index (χ4n) is 6.12. The number of hydrogen-bond acceptors (Lipinski definition) is 6. The first-order chi connectivity index (χ1) is 14.4. The zero-order valence-electron chi connectivity index (χ0n) is 20.3. The van der Waals surface area contributed by atoms with Crippen LogP contribution in [-0.2, 0) is 9.59 Å². The number of fused-ring (bicyclic) bond motifs is 5. The van der Waals surface area contributed by atoms with Crippen LogP contribution in [0.2, 0.25) is 0 Å². The molecule has 0 aliphatic heterocycles. The number of aliphatic hydroxyl groups excluding tert-OH is 1. The Hall–Kier alpha value is -1.34. The summed E-state index contributed by atoms with van der Waals surface area (Å²) in [5.41, 5.74) is -5.73. The predicted octanol–water partition coefficient (Wildman–Crippen LogP) is 0.528. The van der Waals surface area contributed by atoms with Crippen LogP contribution in [0.1, 0.15) is 46.3 Å². The summed E-state index contributed by atoms with van der Waals surface area (Å²) in [5.74, 6) is -4.65. The van der Waals surface area contributed by atoms with Crippen LogP contribution in [0.5, 0.6) is 0 Å². The van der Waals surface area contributed by atoms with Gasteiger partial charge in [-0.2, -0.15) is 0 Å². The predicted molar refractivity (Wildman–Crippen MR) is 96.4 cm³/mol. The van der Waals surface area contributed by atoms with Crippen LogP contribution >= 0.6 is 0 Å². The summed E-state index contributed by atoms with van der Waals surface area (Å²) in [5, 5.41) is 43.4. The molecule has 1 unspecified atom stereocenters. The Labute approximate surface area is 165 Å². The van der Waals surface area contributed by atoms with Crippen molar-refractivity contribution in [3.63, 3.8) is 0 Å². The highest BCUT2D eigenvalue weighted by molar-refractivity contribution is 6.01. The lowest BCUT2D eigenvalue weighted by molar-refractivity contribution is -0.190. The maximum Gasteiger partial charge on any atom is 0.192 e. The Bertz CT molecular complexity index is 955. The van der Waals surface area contributed by atoms with Crippen molar-refractivity contribution in [2.24, 2.45) is 28.6 Å². The zero-order valence-corrected chi connectivity index (χ0v) is 15.3. The highest BCUT2D eigenvalue weighted by atomic mass is 16.4. The molecular weight excluding hydrogens is 348 g/mol. The highest BCUT2D eigenvalue weighted by Crippen LogP contribution is 2.67. The van der Waals surface area contributed by atoms with Crippen LogP contribution in [0.3, 0.4) is 0 Å². The average molecular weight is 381 g/mol. The number of Topliss-reactive ketones (excluding diaryl/α,β-unsaturated/α-hetero) is 1. The molecule has 0 saturated heterocycles. The van der Waals surface area contributed by atoms with Crippen molar-refractivity contribution in [2.75, 3.05) is 6.56 Å². The van der Waals surface area contributed by atoms with E-state index >= 15 is 0 Å². The summed E-state index contributed by atoms with van der Waals surface area (Å²) in [6.45, 7) is -0.714. The van der Waals surface area contributed by atoms with Crippen LogP contribution in [0.4, 0.5) is 0 Å². The van der Waals surface area contributed by atoms with Gasteiger partial charge in [-0.1, -0.05) is 25.5 Å². The van der Waals surface area contributed by atoms with Crippen molar-refractivity contribution in [3.8, 4) is 0 Å². The first-order valence-electron chi connectivity index (χ1n) is 11.7. The Balaban J connectivity index is 1.95. The molecule has 148 valence electrons. The Morgan fingerprint density at radius 3 is 2.81 bits per heavy atom. The fourth-order valence-corrected chi connectivity index (χ4v) is 6.12. The second-order valence-electron chi connectivity index (χ2n) is 8.65. The second kappa shape index (κ2) is 5.83. The van der Waals surface area contributed by atoms with Crippen molar-refractivity contribution in [1.29, 1.82) is 0 Å². The van der Waals surface area contributed by atoms with Gasteiger partial charge in [0, 0.05) is 19.5 Å². The summed E-state index contributed by atoms with van der Waals surface area (Å²) in [4.78, 5) is 24.8. The SMILES string of the molecule is [2H]C([2H])(O)C(=O)[C@@]1(O)[C@H](O)C[C@H]2[C@@H]3CCC4=CC(=O)C=CC4(C)[C@H]3[C@@]([2H])(O)C([2H])([2H])[C@@]21C. The maximum absolute atomic E-state index is 12.8. The van der Waals surface area contributed by atoms with Gasteiger partial charge in [-0.15, -0.1) is 0 Å². The lowest BCUT2D eigenvalue weighted by atomic mass is 9.46. The molecular formula is C21H28O6. The van der Waals surface area contributed by atoms with Crippen molar-refractivity contribution in [1.82, 2.24) is 0 Å². The van der Waals surface area contributed by atoms with Gasteiger partial charge in [-0.3, -0.25) is 9.59 Å². The molecule has 6 heteroatoms. The van der Waals surface area contributed by atoms with Crippen LogP contribution in [0.15, 0.2) is 23.8 Å². The molecule has 0 aromatic rings. The summed E-state index contributed by atoms with van der Waals surface area (Å²) in [7, 11) is 0. The topological polar surface area (TPSA) is 115 Å². The van der Waals surface area contributed by atoms with E-state index in [2.05, 4.69) is 0 Å². The van der Waals surface area contributed by atoms with E-state index in [0.717, 1.165) is 6.92 Å². The number of ketones is 2. The minimum absolute atomic E-state index is 0.241. The van der Waals surface area contributed by atoms with Crippen LogP contribution in [0, 0.1) is 28.6 Å². The Morgan fingerprint density at radius 1 is 1.44 bits per heavy atom. The molecule has 0 bridgehead atoms. The molecule has 6 nitrogen and oxygen atoms in total. The molecule has 4 aliphatic rings. The van der Waals surface area contributed by atoms with E-state index in [1.165, 1.54) is 12.2 Å². The first-order valence-corrected chi connectivity index (χ1v) is 9.22. The second-order valence-corrected chi connectivity index (χ2v) is 8.65. The van der Waals surface area contributed by atoms with E-state index in [9.17, 15) is 30.0 Å². The van der Waals surface area contributed by atoms with Gasteiger partial charge >= 0.3 is 0 Å². The van der Waals surface area contributed by atoms with Gasteiger partial charge in [-0.05, 0) is 49.6 Å². The van der Waals surface area contributed by atoms with Gasteiger partial charge in [0.15, 0.2) is 17.2 Å². The van der Waals surface area contributed by atoms with Crippen molar-refractivity contribution in [3.05, 3.63) is 23.8 Å². The fraction of sp³-hybridized carbons (Fsp3) is 0.714. The number of allylic oxidation sites excluding steroid dienone is 4. The molecule has 8 atom stereocenters. The van der Waals surface area contributed by atoms with Crippen LogP contribution in [-0.4, -0.2) is 56.3 Å². The number of carbonyl (C=O) groups is 2. The minimum atomic E-state index is -3.57. The van der Waals surface area contributed by atoms with E-state index in [-0.39, 0.29) is 12.2 Å². The number of carbonyl (C=O) groups excluding carboxylic acids is 2. The van der Waals surface area contributed by atoms with Gasteiger partial charge in [0.05, 0.1) is 16.3 Å². The molecule has 0 aromatic heterocycles. The van der Waals surface area contributed by atoms with Gasteiger partial charge in [0.25, 0.3) is 0 Å². The largest absolute Gasteiger partial charge is 0.393 e. The molecule has 0 heterocycles.